The number of likely N-dealkylation sites (N-methyl/N-ethyl adjacent to an activating group) is 1. The summed E-state index contributed by atoms with van der Waals surface area (Å²) in [6.45, 7) is 4.45. The van der Waals surface area contributed by atoms with Gasteiger partial charge in [-0.25, -0.2) is 9.79 Å². The van der Waals surface area contributed by atoms with Crippen molar-refractivity contribution in [1.29, 1.82) is 0 Å². The lowest BCUT2D eigenvalue weighted by Gasteiger charge is -2.40. The molecule has 0 bridgehead atoms. The Kier molecular flexibility index (Phi) is 4.55. The molecular weight excluding hydrogens is 382 g/mol. The zero-order valence-corrected chi connectivity index (χ0v) is 17.0. The zero-order chi connectivity index (χ0) is 20.2. The van der Waals surface area contributed by atoms with E-state index in [1.807, 2.05) is 47.9 Å². The molecule has 3 aliphatic rings. The SMILES string of the molecule is COCCN1C(=O)C2C(N=C3N(c4cccc(Cl)c4)C(C)=C(C)N32)N(C)C1=O. The number of allylic oxidation sites excluding steroid dienone is 2. The van der Waals surface area contributed by atoms with Gasteiger partial charge in [0.15, 0.2) is 12.2 Å². The van der Waals surface area contributed by atoms with Crippen molar-refractivity contribution >= 4 is 35.2 Å². The summed E-state index contributed by atoms with van der Waals surface area (Å²) in [5.41, 5.74) is 2.76. The number of benzene rings is 1. The van der Waals surface area contributed by atoms with Gasteiger partial charge in [0.05, 0.1) is 18.8 Å². The molecule has 2 unspecified atom stereocenters. The van der Waals surface area contributed by atoms with Crippen molar-refractivity contribution in [2.45, 2.75) is 26.1 Å². The molecule has 1 saturated heterocycles. The fraction of sp³-hybridized carbons (Fsp3) is 0.421. The van der Waals surface area contributed by atoms with Crippen LogP contribution in [-0.4, -0.2) is 72.1 Å². The Morgan fingerprint density at radius 2 is 1.96 bits per heavy atom. The van der Waals surface area contributed by atoms with E-state index in [9.17, 15) is 9.59 Å². The number of hydrogen-bond acceptors (Lipinski definition) is 6. The molecule has 9 heteroatoms. The maximum atomic E-state index is 13.2. The molecule has 1 aromatic carbocycles. The Hall–Kier alpha value is -2.58. The summed E-state index contributed by atoms with van der Waals surface area (Å²) in [7, 11) is 3.22. The second-order valence-corrected chi connectivity index (χ2v) is 7.46. The zero-order valence-electron chi connectivity index (χ0n) is 16.2. The minimum atomic E-state index is -0.589. The maximum absolute atomic E-state index is 13.2. The third-order valence-electron chi connectivity index (χ3n) is 5.48. The molecule has 3 aliphatic heterocycles. The number of nitrogens with zero attached hydrogens (tertiary/aromatic N) is 5. The van der Waals surface area contributed by atoms with Crippen LogP contribution in [0.25, 0.3) is 0 Å². The van der Waals surface area contributed by atoms with Gasteiger partial charge in [0.2, 0.25) is 5.96 Å². The Labute approximate surface area is 168 Å². The van der Waals surface area contributed by atoms with Gasteiger partial charge in [-0.2, -0.15) is 0 Å². The van der Waals surface area contributed by atoms with Crippen LogP contribution in [0.4, 0.5) is 10.5 Å². The Bertz CT molecular complexity index is 915. The Balaban J connectivity index is 1.75. The summed E-state index contributed by atoms with van der Waals surface area (Å²) >= 11 is 6.18. The lowest BCUT2D eigenvalue weighted by atomic mass is 10.1. The molecule has 8 nitrogen and oxygen atoms in total. The number of fused-ring (bicyclic) bond motifs is 3. The minimum absolute atomic E-state index is 0.213. The van der Waals surface area contributed by atoms with Gasteiger partial charge in [0.25, 0.3) is 5.91 Å². The first-order valence-corrected chi connectivity index (χ1v) is 9.42. The fourth-order valence-corrected chi connectivity index (χ4v) is 4.11. The number of imide groups is 1. The number of methoxy groups -OCH3 is 1. The van der Waals surface area contributed by atoms with Gasteiger partial charge in [-0.15, -0.1) is 0 Å². The van der Waals surface area contributed by atoms with Crippen LogP contribution in [0.3, 0.4) is 0 Å². The van der Waals surface area contributed by atoms with Gasteiger partial charge in [-0.1, -0.05) is 17.7 Å². The molecular formula is C19H22ClN5O3. The lowest BCUT2D eigenvalue weighted by Crippen LogP contribution is -2.65. The molecule has 3 heterocycles. The van der Waals surface area contributed by atoms with Crippen LogP contribution in [0.15, 0.2) is 40.7 Å². The van der Waals surface area contributed by atoms with Crippen molar-refractivity contribution in [3.8, 4) is 0 Å². The first kappa shape index (κ1) is 18.8. The van der Waals surface area contributed by atoms with Crippen molar-refractivity contribution in [3.05, 3.63) is 40.7 Å². The highest BCUT2D eigenvalue weighted by molar-refractivity contribution is 6.31. The van der Waals surface area contributed by atoms with Crippen molar-refractivity contribution in [3.63, 3.8) is 0 Å². The van der Waals surface area contributed by atoms with Gasteiger partial charge in [0.1, 0.15) is 0 Å². The predicted molar refractivity (Wildman–Crippen MR) is 106 cm³/mol. The Morgan fingerprint density at radius 3 is 2.64 bits per heavy atom. The van der Waals surface area contributed by atoms with Gasteiger partial charge in [0, 0.05) is 30.6 Å². The van der Waals surface area contributed by atoms with Crippen LogP contribution in [-0.2, 0) is 9.53 Å². The van der Waals surface area contributed by atoms with E-state index in [1.54, 1.807) is 14.2 Å². The van der Waals surface area contributed by atoms with Gasteiger partial charge in [-0.3, -0.25) is 19.5 Å². The monoisotopic (exact) mass is 403 g/mol. The molecule has 0 aromatic heterocycles. The van der Waals surface area contributed by atoms with E-state index in [1.165, 1.54) is 9.80 Å². The van der Waals surface area contributed by atoms with Crippen molar-refractivity contribution in [1.82, 2.24) is 14.7 Å². The van der Waals surface area contributed by atoms with Gasteiger partial charge in [-0.05, 0) is 32.0 Å². The number of aliphatic imine (C=N–C) groups is 1. The number of hydrogen-bond donors (Lipinski definition) is 0. The summed E-state index contributed by atoms with van der Waals surface area (Å²) in [6.07, 6.45) is -0.571. The number of amides is 3. The third-order valence-corrected chi connectivity index (χ3v) is 5.71. The minimum Gasteiger partial charge on any atom is -0.383 e. The molecule has 28 heavy (non-hydrogen) atoms. The van der Waals surface area contributed by atoms with Crippen LogP contribution < -0.4 is 4.90 Å². The average molecular weight is 404 g/mol. The van der Waals surface area contributed by atoms with E-state index < -0.39 is 12.2 Å². The highest BCUT2D eigenvalue weighted by Crippen LogP contribution is 2.40. The predicted octanol–water partition coefficient (Wildman–Crippen LogP) is 2.32. The molecule has 0 spiro atoms. The standard InChI is InChI=1S/C19H22ClN5O3/c1-11-12(2)25-15-16(22(3)19(27)23(17(15)26)8-9-28-4)21-18(25)24(11)14-7-5-6-13(20)10-14/h5-7,10,15-16H,8-9H2,1-4H3. The molecule has 2 atom stereocenters. The smallest absolute Gasteiger partial charge is 0.328 e. The van der Waals surface area contributed by atoms with Gasteiger partial charge >= 0.3 is 6.03 Å². The summed E-state index contributed by atoms with van der Waals surface area (Å²) in [5, 5.41) is 0.617. The van der Waals surface area contributed by atoms with Crippen LogP contribution in [0.5, 0.6) is 0 Å². The topological polar surface area (TPSA) is 68.7 Å². The summed E-state index contributed by atoms with van der Waals surface area (Å²) < 4.78 is 5.06. The molecule has 0 saturated carbocycles. The largest absolute Gasteiger partial charge is 0.383 e. The number of urea groups is 1. The highest BCUT2D eigenvalue weighted by Gasteiger charge is 2.55. The van der Waals surface area contributed by atoms with Crippen molar-refractivity contribution < 1.29 is 14.3 Å². The van der Waals surface area contributed by atoms with E-state index in [0.717, 1.165) is 17.1 Å². The van der Waals surface area contributed by atoms with E-state index >= 15 is 0 Å². The van der Waals surface area contributed by atoms with E-state index in [0.29, 0.717) is 17.6 Å². The summed E-state index contributed by atoms with van der Waals surface area (Å²) in [4.78, 5) is 37.3. The number of guanidine groups is 1. The van der Waals surface area contributed by atoms with Crippen LogP contribution >= 0.6 is 11.6 Å². The Morgan fingerprint density at radius 1 is 1.21 bits per heavy atom. The third kappa shape index (κ3) is 2.59. The normalized spacial score (nSPS) is 24.2. The second-order valence-electron chi connectivity index (χ2n) is 7.02. The number of ether oxygens (including phenoxy) is 1. The molecule has 3 amide bonds. The number of carbonyl (C=O) groups excluding carboxylic acids is 2. The van der Waals surface area contributed by atoms with E-state index in [2.05, 4.69) is 0 Å². The lowest BCUT2D eigenvalue weighted by molar-refractivity contribution is -0.137. The van der Waals surface area contributed by atoms with Crippen LogP contribution in [0.2, 0.25) is 5.02 Å². The number of halogens is 1. The van der Waals surface area contributed by atoms with E-state index in [-0.39, 0.29) is 18.5 Å². The van der Waals surface area contributed by atoms with Gasteiger partial charge < -0.3 is 9.64 Å². The summed E-state index contributed by atoms with van der Waals surface area (Å²) in [6, 6.07) is 6.53. The molecule has 148 valence electrons. The molecule has 1 fully saturated rings. The van der Waals surface area contributed by atoms with Crippen molar-refractivity contribution in [2.75, 3.05) is 32.2 Å². The number of anilines is 1. The molecule has 1 aromatic rings. The fourth-order valence-electron chi connectivity index (χ4n) is 3.93. The highest BCUT2D eigenvalue weighted by atomic mass is 35.5. The first-order valence-electron chi connectivity index (χ1n) is 9.04. The second kappa shape index (κ2) is 6.79. The number of carbonyl (C=O) groups is 2. The quantitative estimate of drug-likeness (QED) is 0.771. The van der Waals surface area contributed by atoms with Crippen molar-refractivity contribution in [2.24, 2.45) is 4.99 Å². The van der Waals surface area contributed by atoms with Crippen LogP contribution in [0.1, 0.15) is 13.8 Å². The molecule has 0 N–H and O–H groups in total. The average Bonchev–Trinajstić information content (AvgIpc) is 3.16. The van der Waals surface area contributed by atoms with E-state index in [4.69, 9.17) is 21.3 Å². The maximum Gasteiger partial charge on any atom is 0.328 e. The molecule has 0 radical (unpaired) electrons. The summed E-state index contributed by atoms with van der Waals surface area (Å²) in [5.74, 6) is 0.373. The molecule has 4 rings (SSSR count). The van der Waals surface area contributed by atoms with Crippen LogP contribution in [0, 0.1) is 0 Å². The number of rotatable bonds is 4. The first-order chi connectivity index (χ1) is 13.4. The molecule has 0 aliphatic carbocycles.